The standard InChI is InChI=1S/C18H19N3O/c22-18(14-5-3-6-14)20-15-8-9-17(19-12-15)21-11-10-13-4-1-2-7-16(13)21/h1-2,4,7-9,12,14H,3,5-6,10-11H2,(H,20,22). The van der Waals surface area contributed by atoms with Gasteiger partial charge >= 0.3 is 0 Å². The molecule has 0 spiro atoms. The molecule has 4 rings (SSSR count). The van der Waals surface area contributed by atoms with Gasteiger partial charge in [-0.05, 0) is 43.0 Å². The lowest BCUT2D eigenvalue weighted by atomic mass is 9.85. The van der Waals surface area contributed by atoms with Gasteiger partial charge in [0.25, 0.3) is 0 Å². The number of hydrogen-bond donors (Lipinski definition) is 1. The Morgan fingerprint density at radius 1 is 1.18 bits per heavy atom. The summed E-state index contributed by atoms with van der Waals surface area (Å²) in [5.41, 5.74) is 3.39. The van der Waals surface area contributed by atoms with E-state index in [1.807, 2.05) is 12.1 Å². The maximum atomic E-state index is 12.0. The number of amides is 1. The van der Waals surface area contributed by atoms with Gasteiger partial charge in [0.1, 0.15) is 5.82 Å². The van der Waals surface area contributed by atoms with Crippen LogP contribution in [0.2, 0.25) is 0 Å². The Kier molecular flexibility index (Phi) is 3.29. The Morgan fingerprint density at radius 3 is 2.77 bits per heavy atom. The summed E-state index contributed by atoms with van der Waals surface area (Å²) in [5, 5.41) is 2.96. The molecule has 1 aliphatic carbocycles. The number of benzene rings is 1. The first-order valence-electron chi connectivity index (χ1n) is 7.93. The van der Waals surface area contributed by atoms with Gasteiger partial charge in [-0.3, -0.25) is 4.79 Å². The summed E-state index contributed by atoms with van der Waals surface area (Å²) in [6, 6.07) is 12.4. The molecule has 1 aliphatic heterocycles. The summed E-state index contributed by atoms with van der Waals surface area (Å²) in [6.07, 6.45) is 6.01. The Bertz CT molecular complexity index is 692. The minimum atomic E-state index is 0.132. The minimum absolute atomic E-state index is 0.132. The van der Waals surface area contributed by atoms with E-state index in [9.17, 15) is 4.79 Å². The first-order valence-corrected chi connectivity index (χ1v) is 7.93. The Balaban J connectivity index is 1.49. The predicted molar refractivity (Wildman–Crippen MR) is 87.4 cm³/mol. The first kappa shape index (κ1) is 13.3. The monoisotopic (exact) mass is 293 g/mol. The molecule has 0 saturated heterocycles. The molecule has 112 valence electrons. The van der Waals surface area contributed by atoms with Gasteiger partial charge in [-0.1, -0.05) is 24.6 Å². The van der Waals surface area contributed by atoms with Crippen molar-refractivity contribution in [1.29, 1.82) is 0 Å². The molecule has 2 heterocycles. The number of nitrogens with one attached hydrogen (secondary N) is 1. The lowest BCUT2D eigenvalue weighted by Gasteiger charge is -2.24. The van der Waals surface area contributed by atoms with Crippen molar-refractivity contribution in [3.05, 3.63) is 48.2 Å². The zero-order valence-electron chi connectivity index (χ0n) is 12.5. The molecule has 22 heavy (non-hydrogen) atoms. The molecule has 0 unspecified atom stereocenters. The van der Waals surface area contributed by atoms with Crippen LogP contribution < -0.4 is 10.2 Å². The highest BCUT2D eigenvalue weighted by Gasteiger charge is 2.25. The molecule has 0 bridgehead atoms. The van der Waals surface area contributed by atoms with E-state index in [0.29, 0.717) is 0 Å². The van der Waals surface area contributed by atoms with Crippen LogP contribution in [0.3, 0.4) is 0 Å². The Hall–Kier alpha value is -2.36. The fourth-order valence-corrected chi connectivity index (χ4v) is 3.11. The van der Waals surface area contributed by atoms with Crippen molar-refractivity contribution in [2.24, 2.45) is 5.92 Å². The van der Waals surface area contributed by atoms with Gasteiger partial charge in [-0.15, -0.1) is 0 Å². The Morgan fingerprint density at radius 2 is 2.05 bits per heavy atom. The van der Waals surface area contributed by atoms with Gasteiger partial charge in [0.15, 0.2) is 0 Å². The number of rotatable bonds is 3. The molecule has 0 radical (unpaired) electrons. The third-order valence-electron chi connectivity index (χ3n) is 4.66. The molecular formula is C18H19N3O. The van der Waals surface area contributed by atoms with E-state index in [1.54, 1.807) is 6.20 Å². The fraction of sp³-hybridized carbons (Fsp3) is 0.333. The van der Waals surface area contributed by atoms with Crippen molar-refractivity contribution in [3.63, 3.8) is 0 Å². The third kappa shape index (κ3) is 2.34. The van der Waals surface area contributed by atoms with E-state index in [0.717, 1.165) is 37.3 Å². The predicted octanol–water partition coefficient (Wildman–Crippen LogP) is 3.51. The molecule has 2 aliphatic rings. The number of carbonyl (C=O) groups is 1. The highest BCUT2D eigenvalue weighted by atomic mass is 16.1. The van der Waals surface area contributed by atoms with Crippen LogP contribution in [0.5, 0.6) is 0 Å². The molecule has 4 nitrogen and oxygen atoms in total. The van der Waals surface area contributed by atoms with Crippen LogP contribution in [0.15, 0.2) is 42.6 Å². The van der Waals surface area contributed by atoms with Crippen LogP contribution in [0.25, 0.3) is 0 Å². The van der Waals surface area contributed by atoms with Gasteiger partial charge in [-0.25, -0.2) is 4.98 Å². The van der Waals surface area contributed by atoms with E-state index >= 15 is 0 Å². The molecule has 1 fully saturated rings. The van der Waals surface area contributed by atoms with Crippen molar-refractivity contribution in [2.75, 3.05) is 16.8 Å². The molecule has 1 amide bonds. The highest BCUT2D eigenvalue weighted by molar-refractivity contribution is 5.93. The number of hydrogen-bond acceptors (Lipinski definition) is 3. The van der Waals surface area contributed by atoms with E-state index in [-0.39, 0.29) is 11.8 Å². The molecule has 1 N–H and O–H groups in total. The molecular weight excluding hydrogens is 274 g/mol. The summed E-state index contributed by atoms with van der Waals surface area (Å²) in [7, 11) is 0. The average Bonchev–Trinajstić information content (AvgIpc) is 2.90. The second-order valence-corrected chi connectivity index (χ2v) is 6.05. The van der Waals surface area contributed by atoms with Gasteiger partial charge in [0.2, 0.25) is 5.91 Å². The molecule has 4 heteroatoms. The second-order valence-electron chi connectivity index (χ2n) is 6.05. The number of para-hydroxylation sites is 1. The van der Waals surface area contributed by atoms with Crippen LogP contribution in [-0.2, 0) is 11.2 Å². The number of anilines is 3. The van der Waals surface area contributed by atoms with Crippen LogP contribution in [0.1, 0.15) is 24.8 Å². The van der Waals surface area contributed by atoms with Gasteiger partial charge in [-0.2, -0.15) is 0 Å². The molecule has 1 saturated carbocycles. The number of fused-ring (bicyclic) bond motifs is 1. The van der Waals surface area contributed by atoms with Gasteiger partial charge in [0, 0.05) is 18.2 Å². The summed E-state index contributed by atoms with van der Waals surface area (Å²) < 4.78 is 0. The summed E-state index contributed by atoms with van der Waals surface area (Å²) in [4.78, 5) is 18.7. The lowest BCUT2D eigenvalue weighted by molar-refractivity contribution is -0.122. The fourth-order valence-electron chi connectivity index (χ4n) is 3.11. The number of nitrogens with zero attached hydrogens (tertiary/aromatic N) is 2. The van der Waals surface area contributed by atoms with Crippen LogP contribution >= 0.6 is 0 Å². The molecule has 1 aromatic heterocycles. The van der Waals surface area contributed by atoms with Crippen molar-refractivity contribution in [1.82, 2.24) is 4.98 Å². The van der Waals surface area contributed by atoms with Crippen LogP contribution in [-0.4, -0.2) is 17.4 Å². The second kappa shape index (κ2) is 5.44. The summed E-state index contributed by atoms with van der Waals surface area (Å²) in [5.74, 6) is 1.27. The first-order chi connectivity index (χ1) is 10.8. The molecule has 1 aromatic carbocycles. The smallest absolute Gasteiger partial charge is 0.227 e. The third-order valence-corrected chi connectivity index (χ3v) is 4.66. The maximum absolute atomic E-state index is 12.0. The van der Waals surface area contributed by atoms with Crippen LogP contribution in [0.4, 0.5) is 17.2 Å². The minimum Gasteiger partial charge on any atom is -0.326 e. The summed E-state index contributed by atoms with van der Waals surface area (Å²) in [6.45, 7) is 0.958. The van der Waals surface area contributed by atoms with E-state index in [2.05, 4.69) is 39.5 Å². The normalized spacial score (nSPS) is 17.0. The van der Waals surface area contributed by atoms with Crippen molar-refractivity contribution in [3.8, 4) is 0 Å². The van der Waals surface area contributed by atoms with Gasteiger partial charge < -0.3 is 10.2 Å². The molecule has 2 aromatic rings. The largest absolute Gasteiger partial charge is 0.326 e. The number of aromatic nitrogens is 1. The van der Waals surface area contributed by atoms with Crippen molar-refractivity contribution < 1.29 is 4.79 Å². The van der Waals surface area contributed by atoms with Crippen molar-refractivity contribution >= 4 is 23.1 Å². The highest BCUT2D eigenvalue weighted by Crippen LogP contribution is 2.33. The lowest BCUT2D eigenvalue weighted by Crippen LogP contribution is -2.28. The van der Waals surface area contributed by atoms with E-state index in [1.165, 1.54) is 17.7 Å². The van der Waals surface area contributed by atoms with E-state index in [4.69, 9.17) is 0 Å². The zero-order valence-corrected chi connectivity index (χ0v) is 12.5. The quantitative estimate of drug-likeness (QED) is 0.942. The number of pyridine rings is 1. The molecule has 0 atom stereocenters. The SMILES string of the molecule is O=C(Nc1ccc(N2CCc3ccccc32)nc1)C1CCC1. The Labute approximate surface area is 130 Å². The maximum Gasteiger partial charge on any atom is 0.227 e. The summed E-state index contributed by atoms with van der Waals surface area (Å²) >= 11 is 0. The van der Waals surface area contributed by atoms with Crippen LogP contribution in [0, 0.1) is 5.92 Å². The zero-order chi connectivity index (χ0) is 14.9. The number of carbonyl (C=O) groups excluding carboxylic acids is 1. The average molecular weight is 293 g/mol. The van der Waals surface area contributed by atoms with Gasteiger partial charge in [0.05, 0.1) is 11.9 Å². The van der Waals surface area contributed by atoms with E-state index < -0.39 is 0 Å². The van der Waals surface area contributed by atoms with Crippen molar-refractivity contribution in [2.45, 2.75) is 25.7 Å². The topological polar surface area (TPSA) is 45.2 Å².